The second-order valence-electron chi connectivity index (χ2n) is 6.32. The fourth-order valence-corrected chi connectivity index (χ4v) is 3.13. The number of rotatable bonds is 6. The third-order valence-corrected chi connectivity index (χ3v) is 4.45. The first-order valence-corrected chi connectivity index (χ1v) is 8.47. The molecule has 0 radical (unpaired) electrons. The maximum atomic E-state index is 12.0. The van der Waals surface area contributed by atoms with Crippen molar-refractivity contribution in [3.05, 3.63) is 60.2 Å². The van der Waals surface area contributed by atoms with Gasteiger partial charge in [0.2, 0.25) is 5.91 Å². The molecule has 0 atom stereocenters. The van der Waals surface area contributed by atoms with Crippen LogP contribution < -0.4 is 10.6 Å². The highest BCUT2D eigenvalue weighted by atomic mass is 16.1. The average molecular weight is 308 g/mol. The Bertz CT molecular complexity index is 616. The summed E-state index contributed by atoms with van der Waals surface area (Å²) in [5.74, 6) is 0.836. The molecule has 0 spiro atoms. The number of carbonyl (C=O) groups is 1. The molecule has 1 amide bonds. The molecule has 0 heterocycles. The summed E-state index contributed by atoms with van der Waals surface area (Å²) in [5, 5.41) is 6.44. The van der Waals surface area contributed by atoms with E-state index in [9.17, 15) is 4.79 Å². The third kappa shape index (κ3) is 4.85. The van der Waals surface area contributed by atoms with Crippen molar-refractivity contribution in [1.29, 1.82) is 0 Å². The van der Waals surface area contributed by atoms with Gasteiger partial charge in [-0.1, -0.05) is 43.2 Å². The molecule has 3 rings (SSSR count). The predicted octanol–water partition coefficient (Wildman–Crippen LogP) is 4.47. The molecule has 3 heteroatoms. The van der Waals surface area contributed by atoms with Gasteiger partial charge in [0.05, 0.1) is 6.42 Å². The smallest absolute Gasteiger partial charge is 0.228 e. The molecule has 120 valence electrons. The van der Waals surface area contributed by atoms with Gasteiger partial charge in [0, 0.05) is 17.9 Å². The van der Waals surface area contributed by atoms with Crippen molar-refractivity contribution in [3.63, 3.8) is 0 Å². The minimum atomic E-state index is 0.0165. The summed E-state index contributed by atoms with van der Waals surface area (Å²) in [6, 6.07) is 17.8. The summed E-state index contributed by atoms with van der Waals surface area (Å²) in [6.45, 7) is 1.06. The topological polar surface area (TPSA) is 41.1 Å². The van der Waals surface area contributed by atoms with Crippen molar-refractivity contribution in [2.24, 2.45) is 5.92 Å². The highest BCUT2D eigenvalue weighted by molar-refractivity contribution is 5.92. The molecule has 3 nitrogen and oxygen atoms in total. The SMILES string of the molecule is O=C(Cc1ccccc1)Nc1ccc(NCC2CCCC2)cc1. The van der Waals surface area contributed by atoms with E-state index in [1.807, 2.05) is 54.6 Å². The van der Waals surface area contributed by atoms with Crippen LogP contribution in [-0.4, -0.2) is 12.5 Å². The molecular weight excluding hydrogens is 284 g/mol. The normalized spacial score (nSPS) is 14.6. The van der Waals surface area contributed by atoms with Crippen LogP contribution in [0.3, 0.4) is 0 Å². The van der Waals surface area contributed by atoms with Crippen molar-refractivity contribution in [2.75, 3.05) is 17.2 Å². The van der Waals surface area contributed by atoms with E-state index in [4.69, 9.17) is 0 Å². The van der Waals surface area contributed by atoms with Crippen molar-refractivity contribution >= 4 is 17.3 Å². The summed E-state index contributed by atoms with van der Waals surface area (Å²) < 4.78 is 0. The minimum absolute atomic E-state index is 0.0165. The summed E-state index contributed by atoms with van der Waals surface area (Å²) in [6.07, 6.45) is 5.85. The summed E-state index contributed by atoms with van der Waals surface area (Å²) in [4.78, 5) is 12.0. The van der Waals surface area contributed by atoms with Gasteiger partial charge in [0.15, 0.2) is 0 Å². The fraction of sp³-hybridized carbons (Fsp3) is 0.350. The van der Waals surface area contributed by atoms with Crippen LogP contribution in [-0.2, 0) is 11.2 Å². The van der Waals surface area contributed by atoms with Crippen molar-refractivity contribution in [3.8, 4) is 0 Å². The molecule has 2 aromatic carbocycles. The van der Waals surface area contributed by atoms with Gasteiger partial charge in [-0.15, -0.1) is 0 Å². The van der Waals surface area contributed by atoms with Gasteiger partial charge < -0.3 is 10.6 Å². The van der Waals surface area contributed by atoms with E-state index in [0.717, 1.165) is 29.4 Å². The quantitative estimate of drug-likeness (QED) is 0.826. The number of hydrogen-bond donors (Lipinski definition) is 2. The van der Waals surface area contributed by atoms with Crippen LogP contribution in [0.25, 0.3) is 0 Å². The van der Waals surface area contributed by atoms with E-state index in [-0.39, 0.29) is 5.91 Å². The molecule has 1 fully saturated rings. The number of nitrogens with one attached hydrogen (secondary N) is 2. The molecule has 2 aromatic rings. The van der Waals surface area contributed by atoms with Crippen LogP contribution in [0.5, 0.6) is 0 Å². The first-order valence-electron chi connectivity index (χ1n) is 8.47. The van der Waals surface area contributed by atoms with E-state index < -0.39 is 0 Å². The Kier molecular flexibility index (Phi) is 5.30. The predicted molar refractivity (Wildman–Crippen MR) is 95.7 cm³/mol. The van der Waals surface area contributed by atoms with E-state index in [1.165, 1.54) is 25.7 Å². The summed E-state index contributed by atoms with van der Waals surface area (Å²) in [7, 11) is 0. The van der Waals surface area contributed by atoms with E-state index >= 15 is 0 Å². The molecule has 0 unspecified atom stereocenters. The number of benzene rings is 2. The zero-order valence-corrected chi connectivity index (χ0v) is 13.4. The Morgan fingerprint density at radius 2 is 1.57 bits per heavy atom. The third-order valence-electron chi connectivity index (χ3n) is 4.45. The number of hydrogen-bond acceptors (Lipinski definition) is 2. The van der Waals surface area contributed by atoms with Crippen molar-refractivity contribution in [1.82, 2.24) is 0 Å². The van der Waals surface area contributed by atoms with E-state index in [1.54, 1.807) is 0 Å². The number of anilines is 2. The number of amides is 1. The molecule has 2 N–H and O–H groups in total. The highest BCUT2D eigenvalue weighted by Crippen LogP contribution is 2.25. The first kappa shape index (κ1) is 15.6. The average Bonchev–Trinajstić information content (AvgIpc) is 3.08. The molecule has 1 aliphatic carbocycles. The molecular formula is C20H24N2O. The van der Waals surface area contributed by atoms with Crippen molar-refractivity contribution in [2.45, 2.75) is 32.1 Å². The Hall–Kier alpha value is -2.29. The monoisotopic (exact) mass is 308 g/mol. The maximum absolute atomic E-state index is 12.0. The van der Waals surface area contributed by atoms with Gasteiger partial charge in [0.1, 0.15) is 0 Å². The van der Waals surface area contributed by atoms with Gasteiger partial charge in [-0.3, -0.25) is 4.79 Å². The van der Waals surface area contributed by atoms with Crippen LogP contribution in [0.4, 0.5) is 11.4 Å². The van der Waals surface area contributed by atoms with E-state index in [2.05, 4.69) is 10.6 Å². The van der Waals surface area contributed by atoms with Crippen LogP contribution in [0, 0.1) is 5.92 Å². The van der Waals surface area contributed by atoms with Gasteiger partial charge in [-0.05, 0) is 48.6 Å². The second-order valence-corrected chi connectivity index (χ2v) is 6.32. The molecule has 0 aliphatic heterocycles. The molecule has 1 saturated carbocycles. The van der Waals surface area contributed by atoms with Crippen LogP contribution >= 0.6 is 0 Å². The van der Waals surface area contributed by atoms with Crippen LogP contribution in [0.1, 0.15) is 31.2 Å². The molecule has 0 saturated heterocycles. The Labute approximate surface area is 138 Å². The van der Waals surface area contributed by atoms with E-state index in [0.29, 0.717) is 6.42 Å². The Balaban J connectivity index is 1.47. The molecule has 23 heavy (non-hydrogen) atoms. The zero-order valence-electron chi connectivity index (χ0n) is 13.4. The van der Waals surface area contributed by atoms with Crippen LogP contribution in [0.2, 0.25) is 0 Å². The Morgan fingerprint density at radius 1 is 0.913 bits per heavy atom. The minimum Gasteiger partial charge on any atom is -0.385 e. The standard InChI is InChI=1S/C20H24N2O/c23-20(14-16-6-2-1-3-7-16)22-19-12-10-18(11-13-19)21-15-17-8-4-5-9-17/h1-3,6-7,10-13,17,21H,4-5,8-9,14-15H2,(H,22,23). The lowest BCUT2D eigenvalue weighted by molar-refractivity contribution is -0.115. The van der Waals surface area contributed by atoms with Crippen molar-refractivity contribution < 1.29 is 4.79 Å². The molecule has 0 aromatic heterocycles. The Morgan fingerprint density at radius 3 is 2.26 bits per heavy atom. The van der Waals surface area contributed by atoms with Gasteiger partial charge in [-0.2, -0.15) is 0 Å². The largest absolute Gasteiger partial charge is 0.385 e. The maximum Gasteiger partial charge on any atom is 0.228 e. The fourth-order valence-electron chi connectivity index (χ4n) is 3.13. The second kappa shape index (κ2) is 7.82. The zero-order chi connectivity index (χ0) is 15.9. The summed E-state index contributed by atoms with van der Waals surface area (Å²) >= 11 is 0. The summed E-state index contributed by atoms with van der Waals surface area (Å²) in [5.41, 5.74) is 3.00. The molecule has 1 aliphatic rings. The lowest BCUT2D eigenvalue weighted by Gasteiger charge is -2.12. The van der Waals surface area contributed by atoms with Gasteiger partial charge >= 0.3 is 0 Å². The van der Waals surface area contributed by atoms with Gasteiger partial charge in [0.25, 0.3) is 0 Å². The molecule has 0 bridgehead atoms. The first-order chi connectivity index (χ1) is 11.3. The lowest BCUT2D eigenvalue weighted by atomic mass is 10.1. The highest BCUT2D eigenvalue weighted by Gasteiger charge is 2.14. The van der Waals surface area contributed by atoms with Crippen LogP contribution in [0.15, 0.2) is 54.6 Å². The van der Waals surface area contributed by atoms with Gasteiger partial charge in [-0.25, -0.2) is 0 Å². The lowest BCUT2D eigenvalue weighted by Crippen LogP contribution is -2.14. The number of carbonyl (C=O) groups excluding carboxylic acids is 1.